The Bertz CT molecular complexity index is 598. The van der Waals surface area contributed by atoms with Crippen LogP contribution in [-0.4, -0.2) is 19.2 Å². The number of rotatable bonds is 3. The molecule has 22 heavy (non-hydrogen) atoms. The largest absolute Gasteiger partial charge is 0.478 e. The maximum atomic E-state index is 12.9. The summed E-state index contributed by atoms with van der Waals surface area (Å²) in [5.74, 6) is -0.845. The minimum absolute atomic E-state index is 0.156. The number of hydrogen-bond donors (Lipinski definition) is 0. The molecule has 1 atom stereocenters. The molecule has 120 valence electrons. The van der Waals surface area contributed by atoms with Gasteiger partial charge in [0.1, 0.15) is 5.75 Å². The van der Waals surface area contributed by atoms with Crippen molar-refractivity contribution in [2.24, 2.45) is 5.41 Å². The Morgan fingerprint density at radius 3 is 2.27 bits per heavy atom. The van der Waals surface area contributed by atoms with E-state index in [4.69, 9.17) is 10.00 Å². The van der Waals surface area contributed by atoms with E-state index in [1.54, 1.807) is 20.8 Å². The lowest BCUT2D eigenvalue weighted by atomic mass is 9.89. The van der Waals surface area contributed by atoms with Gasteiger partial charge in [0.05, 0.1) is 24.3 Å². The van der Waals surface area contributed by atoms with Crippen LogP contribution in [-0.2, 0) is 15.7 Å². The number of ether oxygens (including phenoxy) is 2. The summed E-state index contributed by atoms with van der Waals surface area (Å²) in [6.07, 6.45) is -5.76. The number of halogens is 3. The zero-order valence-corrected chi connectivity index (χ0v) is 12.6. The third-order valence-corrected chi connectivity index (χ3v) is 2.87. The molecule has 1 rings (SSSR count). The lowest BCUT2D eigenvalue weighted by Crippen LogP contribution is -2.40. The molecular formula is C15H16F3NO3. The lowest BCUT2D eigenvalue weighted by molar-refractivity contribution is -0.154. The first-order valence-corrected chi connectivity index (χ1v) is 6.36. The van der Waals surface area contributed by atoms with Crippen LogP contribution in [0.3, 0.4) is 0 Å². The average molecular weight is 315 g/mol. The molecule has 4 nitrogen and oxygen atoms in total. The lowest BCUT2D eigenvalue weighted by Gasteiger charge is -2.29. The summed E-state index contributed by atoms with van der Waals surface area (Å²) in [6, 6.07) is 4.42. The van der Waals surface area contributed by atoms with Gasteiger partial charge in [0.15, 0.2) is 0 Å². The average Bonchev–Trinajstić information content (AvgIpc) is 2.41. The minimum atomic E-state index is -4.69. The highest BCUT2D eigenvalue weighted by atomic mass is 19.4. The Morgan fingerprint density at radius 2 is 1.86 bits per heavy atom. The van der Waals surface area contributed by atoms with Gasteiger partial charge < -0.3 is 9.47 Å². The van der Waals surface area contributed by atoms with E-state index in [0.29, 0.717) is 6.07 Å². The number of nitriles is 1. The Labute approximate surface area is 126 Å². The van der Waals surface area contributed by atoms with Gasteiger partial charge in [-0.25, -0.2) is 4.79 Å². The SMILES string of the molecule is COC(=O)C(Oc1ccc(C#N)c(C(F)(F)F)c1)C(C)(C)C. The summed E-state index contributed by atoms with van der Waals surface area (Å²) in [5.41, 5.74) is -2.30. The number of carbonyl (C=O) groups is 1. The highest BCUT2D eigenvalue weighted by Crippen LogP contribution is 2.35. The van der Waals surface area contributed by atoms with Gasteiger partial charge in [-0.3, -0.25) is 0 Å². The van der Waals surface area contributed by atoms with Crippen LogP contribution in [0, 0.1) is 16.7 Å². The van der Waals surface area contributed by atoms with Crippen molar-refractivity contribution in [3.63, 3.8) is 0 Å². The highest BCUT2D eigenvalue weighted by Gasteiger charge is 2.37. The number of esters is 1. The van der Waals surface area contributed by atoms with Crippen molar-refractivity contribution in [1.82, 2.24) is 0 Å². The van der Waals surface area contributed by atoms with E-state index >= 15 is 0 Å². The van der Waals surface area contributed by atoms with Crippen molar-refractivity contribution < 1.29 is 27.4 Å². The zero-order chi connectivity index (χ0) is 17.1. The normalized spacial score (nSPS) is 13.2. The first-order valence-electron chi connectivity index (χ1n) is 6.36. The summed E-state index contributed by atoms with van der Waals surface area (Å²) in [6.45, 7) is 5.09. The van der Waals surface area contributed by atoms with Crippen molar-refractivity contribution in [3.8, 4) is 11.8 Å². The van der Waals surface area contributed by atoms with E-state index in [0.717, 1.165) is 6.07 Å². The van der Waals surface area contributed by atoms with E-state index in [1.807, 2.05) is 0 Å². The number of hydrogen-bond acceptors (Lipinski definition) is 4. The first-order chi connectivity index (χ1) is 10.0. The molecule has 1 aromatic rings. The number of benzene rings is 1. The predicted molar refractivity (Wildman–Crippen MR) is 72.0 cm³/mol. The van der Waals surface area contributed by atoms with Crippen molar-refractivity contribution >= 4 is 5.97 Å². The van der Waals surface area contributed by atoms with Crippen LogP contribution in [0.5, 0.6) is 5.75 Å². The van der Waals surface area contributed by atoms with E-state index in [9.17, 15) is 18.0 Å². The maximum absolute atomic E-state index is 12.9. The number of alkyl halides is 3. The minimum Gasteiger partial charge on any atom is -0.478 e. The van der Waals surface area contributed by atoms with Gasteiger partial charge in [0.25, 0.3) is 0 Å². The molecule has 0 aliphatic carbocycles. The molecule has 0 saturated heterocycles. The van der Waals surface area contributed by atoms with Crippen molar-refractivity contribution in [2.45, 2.75) is 33.1 Å². The molecule has 0 aliphatic heterocycles. The first kappa shape index (κ1) is 17.8. The summed E-state index contributed by atoms with van der Waals surface area (Å²) in [7, 11) is 1.17. The molecule has 0 saturated carbocycles. The monoisotopic (exact) mass is 315 g/mol. The fourth-order valence-corrected chi connectivity index (χ4v) is 1.75. The fourth-order valence-electron chi connectivity index (χ4n) is 1.75. The standard InChI is InChI=1S/C15H16F3NO3/c1-14(2,3)12(13(20)21-4)22-10-6-5-9(8-19)11(7-10)15(16,17)18/h5-7,12H,1-4H3. The quantitative estimate of drug-likeness (QED) is 0.800. The van der Waals surface area contributed by atoms with Crippen LogP contribution in [0.1, 0.15) is 31.9 Å². The van der Waals surface area contributed by atoms with Crippen LogP contribution in [0.2, 0.25) is 0 Å². The topological polar surface area (TPSA) is 59.3 Å². The second-order valence-electron chi connectivity index (χ2n) is 5.70. The van der Waals surface area contributed by atoms with Crippen molar-refractivity contribution in [2.75, 3.05) is 7.11 Å². The van der Waals surface area contributed by atoms with E-state index < -0.39 is 34.8 Å². The Morgan fingerprint density at radius 1 is 1.27 bits per heavy atom. The molecule has 0 aliphatic rings. The summed E-state index contributed by atoms with van der Waals surface area (Å²) in [5, 5.41) is 8.75. The van der Waals surface area contributed by atoms with E-state index in [-0.39, 0.29) is 5.75 Å². The second kappa shape index (κ2) is 6.26. The molecule has 1 aromatic carbocycles. The Hall–Kier alpha value is -2.23. The third kappa shape index (κ3) is 4.13. The molecule has 0 spiro atoms. The Balaban J connectivity index is 3.23. The van der Waals surface area contributed by atoms with Crippen LogP contribution >= 0.6 is 0 Å². The molecular weight excluding hydrogens is 299 g/mol. The van der Waals surface area contributed by atoms with Gasteiger partial charge in [-0.2, -0.15) is 18.4 Å². The van der Waals surface area contributed by atoms with Gasteiger partial charge in [0.2, 0.25) is 6.10 Å². The van der Waals surface area contributed by atoms with Crippen LogP contribution in [0.25, 0.3) is 0 Å². The molecule has 0 heterocycles. The molecule has 0 radical (unpaired) electrons. The number of carbonyl (C=O) groups excluding carboxylic acids is 1. The molecule has 7 heteroatoms. The zero-order valence-electron chi connectivity index (χ0n) is 12.6. The van der Waals surface area contributed by atoms with E-state index in [2.05, 4.69) is 4.74 Å². The van der Waals surface area contributed by atoms with Gasteiger partial charge in [-0.1, -0.05) is 20.8 Å². The molecule has 0 N–H and O–H groups in total. The maximum Gasteiger partial charge on any atom is 0.417 e. The molecule has 0 amide bonds. The van der Waals surface area contributed by atoms with Crippen molar-refractivity contribution in [1.29, 1.82) is 5.26 Å². The second-order valence-corrected chi connectivity index (χ2v) is 5.70. The molecule has 0 bridgehead atoms. The van der Waals surface area contributed by atoms with Gasteiger partial charge >= 0.3 is 12.1 Å². The summed E-state index contributed by atoms with van der Waals surface area (Å²) >= 11 is 0. The van der Waals surface area contributed by atoms with Gasteiger partial charge in [-0.15, -0.1) is 0 Å². The van der Waals surface area contributed by atoms with Crippen molar-refractivity contribution in [3.05, 3.63) is 29.3 Å². The summed E-state index contributed by atoms with van der Waals surface area (Å²) < 4.78 is 48.7. The smallest absolute Gasteiger partial charge is 0.417 e. The van der Waals surface area contributed by atoms with Gasteiger partial charge in [0, 0.05) is 5.41 Å². The highest BCUT2D eigenvalue weighted by molar-refractivity contribution is 5.76. The van der Waals surface area contributed by atoms with Gasteiger partial charge in [-0.05, 0) is 18.2 Å². The summed E-state index contributed by atoms with van der Waals surface area (Å²) in [4.78, 5) is 11.7. The molecule has 0 aromatic heterocycles. The third-order valence-electron chi connectivity index (χ3n) is 2.87. The predicted octanol–water partition coefficient (Wildman–Crippen LogP) is 3.54. The van der Waals surface area contributed by atoms with Crippen LogP contribution < -0.4 is 4.74 Å². The molecule has 0 fully saturated rings. The number of methoxy groups -OCH3 is 1. The van der Waals surface area contributed by atoms with Crippen LogP contribution in [0.4, 0.5) is 13.2 Å². The Kier molecular flexibility index (Phi) is 5.07. The van der Waals surface area contributed by atoms with E-state index in [1.165, 1.54) is 19.2 Å². The van der Waals surface area contributed by atoms with Crippen LogP contribution in [0.15, 0.2) is 18.2 Å². The fraction of sp³-hybridized carbons (Fsp3) is 0.467. The molecule has 1 unspecified atom stereocenters. The number of nitrogens with zero attached hydrogens (tertiary/aromatic N) is 1.